The summed E-state index contributed by atoms with van der Waals surface area (Å²) in [5.41, 5.74) is 2.68. The minimum Gasteiger partial charge on any atom is -0.328 e. The first kappa shape index (κ1) is 18.6. The first-order valence-corrected chi connectivity index (χ1v) is 9.32. The molecule has 9 heteroatoms. The molecule has 2 amide bonds. The lowest BCUT2D eigenvalue weighted by atomic mass is 10.1. The van der Waals surface area contributed by atoms with Gasteiger partial charge in [-0.2, -0.15) is 5.10 Å². The maximum atomic E-state index is 12.8. The molecule has 0 radical (unpaired) electrons. The first-order valence-electron chi connectivity index (χ1n) is 9.32. The standard InChI is InChI=1S/C20H22N8O/c1-14(19-25-24-18-6-4-5-11-27(18)19)23-20(29)26(3)15(2)16-7-9-17(10-8-16)28-13-21-12-22-28/h4-15H,1-3H3,(H,23,29). The van der Waals surface area contributed by atoms with E-state index in [1.165, 1.54) is 6.33 Å². The molecular formula is C20H22N8O. The molecule has 2 unspecified atom stereocenters. The summed E-state index contributed by atoms with van der Waals surface area (Å²) < 4.78 is 3.56. The van der Waals surface area contributed by atoms with Gasteiger partial charge in [0.05, 0.1) is 17.8 Å². The molecule has 4 rings (SSSR count). The molecule has 0 aliphatic heterocycles. The number of hydrogen-bond acceptors (Lipinski definition) is 5. The van der Waals surface area contributed by atoms with Crippen LogP contribution in [0, 0.1) is 0 Å². The monoisotopic (exact) mass is 390 g/mol. The predicted octanol–water partition coefficient (Wildman–Crippen LogP) is 2.77. The number of urea groups is 1. The van der Waals surface area contributed by atoms with Gasteiger partial charge >= 0.3 is 6.03 Å². The van der Waals surface area contributed by atoms with Gasteiger partial charge in [-0.05, 0) is 43.7 Å². The number of aromatic nitrogens is 6. The fraction of sp³-hybridized carbons (Fsp3) is 0.250. The molecule has 3 heterocycles. The van der Waals surface area contributed by atoms with Crippen molar-refractivity contribution in [3.05, 3.63) is 72.7 Å². The highest BCUT2D eigenvalue weighted by Crippen LogP contribution is 2.21. The van der Waals surface area contributed by atoms with Crippen molar-refractivity contribution in [3.63, 3.8) is 0 Å². The zero-order chi connectivity index (χ0) is 20.4. The number of fused-ring (bicyclic) bond motifs is 1. The highest BCUT2D eigenvalue weighted by molar-refractivity contribution is 5.74. The van der Waals surface area contributed by atoms with E-state index in [1.54, 1.807) is 23.0 Å². The van der Waals surface area contributed by atoms with Gasteiger partial charge in [0.1, 0.15) is 12.7 Å². The molecule has 0 saturated heterocycles. The van der Waals surface area contributed by atoms with Crippen molar-refractivity contribution in [1.29, 1.82) is 0 Å². The largest absolute Gasteiger partial charge is 0.328 e. The van der Waals surface area contributed by atoms with Crippen LogP contribution in [0.25, 0.3) is 11.3 Å². The number of hydrogen-bond donors (Lipinski definition) is 1. The molecule has 0 fully saturated rings. The Labute approximate surface area is 168 Å². The second kappa shape index (κ2) is 7.70. The summed E-state index contributed by atoms with van der Waals surface area (Å²) >= 11 is 0. The number of carbonyl (C=O) groups is 1. The van der Waals surface area contributed by atoms with Crippen LogP contribution in [0.15, 0.2) is 61.3 Å². The van der Waals surface area contributed by atoms with E-state index in [9.17, 15) is 4.79 Å². The predicted molar refractivity (Wildman–Crippen MR) is 107 cm³/mol. The molecule has 29 heavy (non-hydrogen) atoms. The Morgan fingerprint density at radius 2 is 1.90 bits per heavy atom. The molecule has 1 N–H and O–H groups in total. The molecule has 9 nitrogen and oxygen atoms in total. The Morgan fingerprint density at radius 1 is 1.10 bits per heavy atom. The van der Waals surface area contributed by atoms with Crippen LogP contribution in [-0.4, -0.2) is 47.3 Å². The van der Waals surface area contributed by atoms with Gasteiger partial charge < -0.3 is 10.2 Å². The molecule has 0 aliphatic rings. The van der Waals surface area contributed by atoms with E-state index >= 15 is 0 Å². The molecule has 148 valence electrons. The van der Waals surface area contributed by atoms with Gasteiger partial charge in [-0.1, -0.05) is 18.2 Å². The van der Waals surface area contributed by atoms with Gasteiger partial charge in [-0.15, -0.1) is 10.2 Å². The summed E-state index contributed by atoms with van der Waals surface area (Å²) in [4.78, 5) is 18.4. The summed E-state index contributed by atoms with van der Waals surface area (Å²) in [6.45, 7) is 3.88. The minimum absolute atomic E-state index is 0.109. The van der Waals surface area contributed by atoms with E-state index in [2.05, 4.69) is 25.6 Å². The van der Waals surface area contributed by atoms with Crippen LogP contribution in [-0.2, 0) is 0 Å². The fourth-order valence-electron chi connectivity index (χ4n) is 3.15. The number of benzene rings is 1. The Bertz CT molecular complexity index is 1100. The van der Waals surface area contributed by atoms with E-state index in [0.29, 0.717) is 5.82 Å². The van der Waals surface area contributed by atoms with Crippen LogP contribution in [0.5, 0.6) is 0 Å². The lowest BCUT2D eigenvalue weighted by Crippen LogP contribution is -2.40. The lowest BCUT2D eigenvalue weighted by molar-refractivity contribution is 0.190. The SMILES string of the molecule is CC(NC(=O)N(C)C(C)c1ccc(-n2cncn2)cc1)c1nnc2ccccn12. The minimum atomic E-state index is -0.288. The van der Waals surface area contributed by atoms with Crippen LogP contribution in [0.1, 0.15) is 37.3 Å². The Balaban J connectivity index is 1.44. The summed E-state index contributed by atoms with van der Waals surface area (Å²) in [5, 5.41) is 15.5. The van der Waals surface area contributed by atoms with E-state index in [-0.39, 0.29) is 18.1 Å². The van der Waals surface area contributed by atoms with Crippen LogP contribution >= 0.6 is 0 Å². The van der Waals surface area contributed by atoms with Crippen molar-refractivity contribution in [2.24, 2.45) is 0 Å². The third-order valence-electron chi connectivity index (χ3n) is 5.03. The highest BCUT2D eigenvalue weighted by atomic mass is 16.2. The van der Waals surface area contributed by atoms with Crippen LogP contribution in [0.4, 0.5) is 4.79 Å². The normalized spacial score (nSPS) is 13.2. The average molecular weight is 390 g/mol. The van der Waals surface area contributed by atoms with E-state index in [0.717, 1.165) is 16.9 Å². The molecule has 2 atom stereocenters. The smallest absolute Gasteiger partial charge is 0.318 e. The molecule has 0 saturated carbocycles. The Morgan fingerprint density at radius 3 is 2.62 bits per heavy atom. The number of nitrogens with zero attached hydrogens (tertiary/aromatic N) is 7. The topological polar surface area (TPSA) is 93.2 Å². The van der Waals surface area contributed by atoms with E-state index in [1.807, 2.05) is 66.9 Å². The van der Waals surface area contributed by atoms with Gasteiger partial charge in [-0.3, -0.25) is 4.40 Å². The highest BCUT2D eigenvalue weighted by Gasteiger charge is 2.21. The molecule has 3 aromatic heterocycles. The van der Waals surface area contributed by atoms with Crippen molar-refractivity contribution < 1.29 is 4.79 Å². The van der Waals surface area contributed by atoms with E-state index < -0.39 is 0 Å². The van der Waals surface area contributed by atoms with Crippen molar-refractivity contribution in [2.45, 2.75) is 25.9 Å². The second-order valence-corrected chi connectivity index (χ2v) is 6.88. The summed E-state index contributed by atoms with van der Waals surface area (Å²) in [6, 6.07) is 13.0. The maximum Gasteiger partial charge on any atom is 0.318 e. The number of rotatable bonds is 5. The maximum absolute atomic E-state index is 12.8. The molecule has 0 aliphatic carbocycles. The number of amides is 2. The quantitative estimate of drug-likeness (QED) is 0.566. The van der Waals surface area contributed by atoms with Gasteiger partial charge in [0.15, 0.2) is 11.5 Å². The third kappa shape index (κ3) is 3.66. The van der Waals surface area contributed by atoms with Crippen molar-refractivity contribution in [1.82, 2.24) is 39.6 Å². The van der Waals surface area contributed by atoms with E-state index in [4.69, 9.17) is 0 Å². The zero-order valence-corrected chi connectivity index (χ0v) is 16.5. The van der Waals surface area contributed by atoms with Crippen LogP contribution in [0.3, 0.4) is 0 Å². The number of carbonyl (C=O) groups excluding carboxylic acids is 1. The second-order valence-electron chi connectivity index (χ2n) is 6.88. The van der Waals surface area contributed by atoms with Crippen molar-refractivity contribution in [3.8, 4) is 5.69 Å². The summed E-state index contributed by atoms with van der Waals surface area (Å²) in [6.07, 6.45) is 5.03. The number of nitrogens with one attached hydrogen (secondary N) is 1. The first-order chi connectivity index (χ1) is 14.0. The third-order valence-corrected chi connectivity index (χ3v) is 5.03. The lowest BCUT2D eigenvalue weighted by Gasteiger charge is -2.27. The van der Waals surface area contributed by atoms with Crippen LogP contribution < -0.4 is 5.32 Å². The Hall–Kier alpha value is -3.75. The fourth-order valence-corrected chi connectivity index (χ4v) is 3.15. The molecular weight excluding hydrogens is 368 g/mol. The van der Waals surface area contributed by atoms with Gasteiger partial charge in [0, 0.05) is 13.2 Å². The molecule has 0 spiro atoms. The molecule has 1 aromatic carbocycles. The Kier molecular flexibility index (Phi) is 4.94. The van der Waals surface area contributed by atoms with Gasteiger partial charge in [-0.25, -0.2) is 14.5 Å². The van der Waals surface area contributed by atoms with Gasteiger partial charge in [0.2, 0.25) is 0 Å². The van der Waals surface area contributed by atoms with Gasteiger partial charge in [0.25, 0.3) is 0 Å². The zero-order valence-electron chi connectivity index (χ0n) is 16.5. The average Bonchev–Trinajstić information content (AvgIpc) is 3.43. The number of pyridine rings is 1. The molecule has 4 aromatic rings. The summed E-state index contributed by atoms with van der Waals surface area (Å²) in [7, 11) is 1.78. The van der Waals surface area contributed by atoms with Crippen LogP contribution in [0.2, 0.25) is 0 Å². The summed E-state index contributed by atoms with van der Waals surface area (Å²) in [5.74, 6) is 0.687. The van der Waals surface area contributed by atoms with Crippen molar-refractivity contribution >= 4 is 11.7 Å². The van der Waals surface area contributed by atoms with Crippen molar-refractivity contribution in [2.75, 3.05) is 7.05 Å². The molecule has 0 bridgehead atoms.